The predicted octanol–water partition coefficient (Wildman–Crippen LogP) is 3.59. The first-order valence-electron chi connectivity index (χ1n) is 13.1. The third kappa shape index (κ3) is 6.55. The molecule has 2 atom stereocenters. The van der Waals surface area contributed by atoms with Gasteiger partial charge in [-0.25, -0.2) is 9.18 Å². The van der Waals surface area contributed by atoms with Gasteiger partial charge in [-0.3, -0.25) is 9.59 Å². The fourth-order valence-corrected chi connectivity index (χ4v) is 5.26. The third-order valence-electron chi connectivity index (χ3n) is 7.19. The minimum atomic E-state index is -4.52. The van der Waals surface area contributed by atoms with Crippen molar-refractivity contribution < 1.29 is 31.9 Å². The van der Waals surface area contributed by atoms with E-state index in [0.29, 0.717) is 24.1 Å². The number of halogens is 4. The molecule has 2 saturated heterocycles. The summed E-state index contributed by atoms with van der Waals surface area (Å²) in [6, 6.07) is 8.29. The predicted molar refractivity (Wildman–Crippen MR) is 139 cm³/mol. The van der Waals surface area contributed by atoms with E-state index in [0.717, 1.165) is 12.1 Å². The number of rotatable bonds is 7. The van der Waals surface area contributed by atoms with Gasteiger partial charge < -0.3 is 24.9 Å². The number of nitrogens with one attached hydrogen (secondary N) is 1. The van der Waals surface area contributed by atoms with Crippen LogP contribution < -0.4 is 5.32 Å². The van der Waals surface area contributed by atoms with Crippen LogP contribution in [-0.4, -0.2) is 83.4 Å². The molecule has 12 heteroatoms. The molecule has 2 aromatic carbocycles. The van der Waals surface area contributed by atoms with Gasteiger partial charge in [0.1, 0.15) is 18.0 Å². The van der Waals surface area contributed by atoms with Crippen LogP contribution >= 0.6 is 0 Å². The number of aryl methyl sites for hydroxylation is 1. The number of carbonyl (C=O) groups excluding carboxylic acids is 3. The average molecular weight is 564 g/mol. The summed E-state index contributed by atoms with van der Waals surface area (Å²) in [4.78, 5) is 46.2. The Morgan fingerprint density at radius 1 is 1.12 bits per heavy atom. The Bertz CT molecular complexity index is 1270. The molecular weight excluding hydrogens is 530 g/mol. The number of amides is 4. The largest absolute Gasteiger partial charge is 0.416 e. The number of alkyl halides is 3. The standard InChI is InChI=1S/C28H33F4N5O3/c1-18-12-19(14-21(13-18)28(30,31)32)15-33-27(40)36-11-9-25(38)37-23(8-10-34(2)3)26(39)35(17-24(36)37)16-20-6-4-5-7-22(20)29/h4-7,12-14,23-24H,8-11,15-17H2,1-3H3,(H,33,40)/t23-,24+/m0/s1. The Balaban J connectivity index is 1.57. The molecule has 40 heavy (non-hydrogen) atoms. The van der Waals surface area contributed by atoms with Crippen LogP contribution in [-0.2, 0) is 28.9 Å². The maximum atomic E-state index is 14.5. The van der Waals surface area contributed by atoms with Gasteiger partial charge in [0.25, 0.3) is 0 Å². The van der Waals surface area contributed by atoms with E-state index >= 15 is 0 Å². The van der Waals surface area contributed by atoms with Gasteiger partial charge in [0.05, 0.1) is 12.1 Å². The van der Waals surface area contributed by atoms with Gasteiger partial charge in [-0.1, -0.05) is 29.8 Å². The second kappa shape index (κ2) is 11.8. The lowest BCUT2D eigenvalue weighted by atomic mass is 10.0. The summed E-state index contributed by atoms with van der Waals surface area (Å²) in [5, 5.41) is 2.68. The van der Waals surface area contributed by atoms with Crippen molar-refractivity contribution in [1.82, 2.24) is 24.9 Å². The minimum absolute atomic E-state index is 0.00560. The van der Waals surface area contributed by atoms with Crippen molar-refractivity contribution >= 4 is 17.8 Å². The van der Waals surface area contributed by atoms with Crippen LogP contribution in [0.2, 0.25) is 0 Å². The molecule has 0 radical (unpaired) electrons. The van der Waals surface area contributed by atoms with Crippen molar-refractivity contribution in [3.63, 3.8) is 0 Å². The summed E-state index contributed by atoms with van der Waals surface area (Å²) in [5.41, 5.74) is 0.208. The Kier molecular flexibility index (Phi) is 8.67. The number of nitrogens with zero attached hydrogens (tertiary/aromatic N) is 4. The molecule has 0 saturated carbocycles. The molecule has 2 aliphatic rings. The normalized spacial score (nSPS) is 19.8. The molecule has 0 bridgehead atoms. The zero-order valence-corrected chi connectivity index (χ0v) is 22.7. The molecule has 1 N–H and O–H groups in total. The zero-order chi connectivity index (χ0) is 29.2. The summed E-state index contributed by atoms with van der Waals surface area (Å²) in [7, 11) is 3.68. The van der Waals surface area contributed by atoms with Gasteiger partial charge >= 0.3 is 12.2 Å². The van der Waals surface area contributed by atoms with Crippen molar-refractivity contribution in [2.24, 2.45) is 0 Å². The van der Waals surface area contributed by atoms with Crippen LogP contribution in [0.25, 0.3) is 0 Å². The van der Waals surface area contributed by atoms with Crippen molar-refractivity contribution in [3.05, 3.63) is 70.5 Å². The van der Waals surface area contributed by atoms with E-state index in [-0.39, 0.29) is 50.0 Å². The SMILES string of the molecule is Cc1cc(CNC(=O)N2CCC(=O)N3[C@@H]2CN(Cc2ccccc2F)C(=O)[C@@H]3CCN(C)C)cc(C(F)(F)F)c1. The van der Waals surface area contributed by atoms with Crippen LogP contribution in [0.15, 0.2) is 42.5 Å². The summed E-state index contributed by atoms with van der Waals surface area (Å²) in [6.45, 7) is 1.93. The Morgan fingerprint density at radius 2 is 1.85 bits per heavy atom. The van der Waals surface area contributed by atoms with Crippen LogP contribution in [0.5, 0.6) is 0 Å². The molecule has 2 aliphatic heterocycles. The maximum absolute atomic E-state index is 14.5. The molecule has 0 aromatic heterocycles. The summed E-state index contributed by atoms with van der Waals surface area (Å²) < 4.78 is 54.3. The summed E-state index contributed by atoms with van der Waals surface area (Å²) in [6.07, 6.45) is -5.00. The average Bonchev–Trinajstić information content (AvgIpc) is 2.88. The number of benzene rings is 2. The van der Waals surface area contributed by atoms with Crippen LogP contribution in [0.3, 0.4) is 0 Å². The first-order chi connectivity index (χ1) is 18.8. The molecule has 0 aliphatic carbocycles. The van der Waals surface area contributed by atoms with Crippen LogP contribution in [0, 0.1) is 12.7 Å². The smallest absolute Gasteiger partial charge is 0.334 e. The van der Waals surface area contributed by atoms with Crippen molar-refractivity contribution in [2.75, 3.05) is 33.7 Å². The van der Waals surface area contributed by atoms with Gasteiger partial charge in [0.15, 0.2) is 0 Å². The highest BCUT2D eigenvalue weighted by atomic mass is 19.4. The van der Waals surface area contributed by atoms with Gasteiger partial charge in [-0.2, -0.15) is 13.2 Å². The summed E-state index contributed by atoms with van der Waals surface area (Å²) in [5.74, 6) is -1.05. The molecule has 2 aromatic rings. The number of hydrogen-bond acceptors (Lipinski definition) is 4. The molecule has 2 heterocycles. The van der Waals surface area contributed by atoms with Gasteiger partial charge in [-0.05, 0) is 57.7 Å². The Morgan fingerprint density at radius 3 is 2.52 bits per heavy atom. The van der Waals surface area contributed by atoms with E-state index < -0.39 is 35.8 Å². The van der Waals surface area contributed by atoms with Crippen molar-refractivity contribution in [1.29, 1.82) is 0 Å². The Hall–Kier alpha value is -3.67. The quantitative estimate of drug-likeness (QED) is 0.523. The highest BCUT2D eigenvalue weighted by Gasteiger charge is 2.48. The fourth-order valence-electron chi connectivity index (χ4n) is 5.26. The lowest BCUT2D eigenvalue weighted by molar-refractivity contribution is -0.167. The number of piperazine rings is 1. The topological polar surface area (TPSA) is 76.2 Å². The number of urea groups is 1. The lowest BCUT2D eigenvalue weighted by Gasteiger charge is -2.52. The molecule has 0 unspecified atom stereocenters. The van der Waals surface area contributed by atoms with E-state index in [1.165, 1.54) is 20.8 Å². The number of carbonyl (C=O) groups is 3. The van der Waals surface area contributed by atoms with E-state index in [1.54, 1.807) is 31.2 Å². The summed E-state index contributed by atoms with van der Waals surface area (Å²) >= 11 is 0. The highest BCUT2D eigenvalue weighted by molar-refractivity contribution is 5.91. The van der Waals surface area contributed by atoms with Gasteiger partial charge in [0, 0.05) is 31.6 Å². The molecule has 4 amide bonds. The van der Waals surface area contributed by atoms with Gasteiger partial charge in [-0.15, -0.1) is 0 Å². The highest BCUT2D eigenvalue weighted by Crippen LogP contribution is 2.31. The van der Waals surface area contributed by atoms with E-state index in [9.17, 15) is 31.9 Å². The molecular formula is C28H33F4N5O3. The monoisotopic (exact) mass is 563 g/mol. The number of fused-ring (bicyclic) bond motifs is 1. The fraction of sp³-hybridized carbons (Fsp3) is 0.464. The van der Waals surface area contributed by atoms with Crippen LogP contribution in [0.1, 0.15) is 35.1 Å². The van der Waals surface area contributed by atoms with Crippen LogP contribution in [0.4, 0.5) is 22.4 Å². The van der Waals surface area contributed by atoms with E-state index in [1.807, 2.05) is 19.0 Å². The van der Waals surface area contributed by atoms with Crippen molar-refractivity contribution in [3.8, 4) is 0 Å². The third-order valence-corrected chi connectivity index (χ3v) is 7.19. The lowest BCUT2D eigenvalue weighted by Crippen LogP contribution is -2.72. The second-order valence-electron chi connectivity index (χ2n) is 10.5. The molecule has 216 valence electrons. The van der Waals surface area contributed by atoms with Crippen molar-refractivity contribution in [2.45, 2.75) is 51.2 Å². The first-order valence-corrected chi connectivity index (χ1v) is 13.1. The maximum Gasteiger partial charge on any atom is 0.416 e. The number of hydrogen-bond donors (Lipinski definition) is 1. The van der Waals surface area contributed by atoms with E-state index in [2.05, 4.69) is 5.32 Å². The Labute approximate surface area is 230 Å². The molecule has 4 rings (SSSR count). The zero-order valence-electron chi connectivity index (χ0n) is 22.7. The second-order valence-corrected chi connectivity index (χ2v) is 10.5. The molecule has 0 spiro atoms. The molecule has 2 fully saturated rings. The molecule has 8 nitrogen and oxygen atoms in total. The minimum Gasteiger partial charge on any atom is -0.334 e. The first kappa shape index (κ1) is 29.3. The van der Waals surface area contributed by atoms with Gasteiger partial charge in [0.2, 0.25) is 11.8 Å². The van der Waals surface area contributed by atoms with E-state index in [4.69, 9.17) is 0 Å².